The molecule has 0 aliphatic carbocycles. The Morgan fingerprint density at radius 3 is 2.37 bits per heavy atom. The van der Waals surface area contributed by atoms with Gasteiger partial charge in [0, 0.05) is 55.9 Å². The van der Waals surface area contributed by atoms with E-state index in [9.17, 15) is 17.6 Å². The lowest BCUT2D eigenvalue weighted by atomic mass is 9.72. The minimum atomic E-state index is -3.53. The summed E-state index contributed by atoms with van der Waals surface area (Å²) >= 11 is 0. The third-order valence-corrected chi connectivity index (χ3v) is 12.1. The number of hydrogen-bond donors (Lipinski definition) is 1. The Bertz CT molecular complexity index is 1740. The fraction of sp³-hybridized carbons (Fsp3) is 0.528. The van der Waals surface area contributed by atoms with Crippen molar-refractivity contribution in [1.29, 1.82) is 0 Å². The van der Waals surface area contributed by atoms with Gasteiger partial charge in [-0.1, -0.05) is 6.07 Å². The zero-order chi connectivity index (χ0) is 34.9. The van der Waals surface area contributed by atoms with Crippen LogP contribution in [0.25, 0.3) is 0 Å². The van der Waals surface area contributed by atoms with Crippen molar-refractivity contribution in [3.63, 3.8) is 0 Å². The lowest BCUT2D eigenvalue weighted by Crippen LogP contribution is -2.61. The molecule has 49 heavy (non-hydrogen) atoms. The summed E-state index contributed by atoms with van der Waals surface area (Å²) in [7, 11) is -3.53. The summed E-state index contributed by atoms with van der Waals surface area (Å²) in [6, 6.07) is 10.4. The highest BCUT2D eigenvalue weighted by atomic mass is 32.2. The summed E-state index contributed by atoms with van der Waals surface area (Å²) in [5, 5.41) is 0. The lowest BCUT2D eigenvalue weighted by Gasteiger charge is -2.54. The van der Waals surface area contributed by atoms with Gasteiger partial charge in [0.25, 0.3) is 5.91 Å². The van der Waals surface area contributed by atoms with Crippen LogP contribution in [0.2, 0.25) is 0 Å². The Kier molecular flexibility index (Phi) is 10.2. The molecule has 1 aromatic heterocycles. The molecule has 1 amide bonds. The predicted molar refractivity (Wildman–Crippen MR) is 188 cm³/mol. The van der Waals surface area contributed by atoms with E-state index in [1.165, 1.54) is 30.6 Å². The van der Waals surface area contributed by atoms with E-state index in [1.54, 1.807) is 33.6 Å². The molecule has 0 bridgehead atoms. The minimum Gasteiger partial charge on any atom is -0.451 e. The highest BCUT2D eigenvalue weighted by Gasteiger charge is 2.46. The first-order valence-electron chi connectivity index (χ1n) is 17.3. The van der Waals surface area contributed by atoms with E-state index in [0.717, 1.165) is 58.4 Å². The van der Waals surface area contributed by atoms with E-state index in [4.69, 9.17) is 10.5 Å². The van der Waals surface area contributed by atoms with Crippen molar-refractivity contribution in [2.75, 3.05) is 56.4 Å². The number of piperidine rings is 2. The van der Waals surface area contributed by atoms with E-state index in [-0.39, 0.29) is 39.6 Å². The van der Waals surface area contributed by atoms with Gasteiger partial charge in [-0.3, -0.25) is 4.79 Å². The van der Waals surface area contributed by atoms with E-state index in [1.807, 2.05) is 27.7 Å². The molecule has 2 aromatic carbocycles. The van der Waals surface area contributed by atoms with E-state index in [2.05, 4.69) is 19.8 Å². The quantitative estimate of drug-likeness (QED) is 0.284. The maximum absolute atomic E-state index is 14.4. The van der Waals surface area contributed by atoms with Gasteiger partial charge in [0.1, 0.15) is 17.9 Å². The number of ether oxygens (including phenoxy) is 1. The van der Waals surface area contributed by atoms with Crippen LogP contribution in [0.1, 0.15) is 63.7 Å². The summed E-state index contributed by atoms with van der Waals surface area (Å²) in [5.74, 6) is 1.04. The Labute approximate surface area is 289 Å². The molecular formula is C36H48FN7O4S. The molecule has 3 fully saturated rings. The molecule has 0 saturated carbocycles. The average molecular weight is 694 g/mol. The third kappa shape index (κ3) is 7.53. The molecule has 3 aliphatic rings. The molecule has 3 saturated heterocycles. The normalized spacial score (nSPS) is 19.0. The number of aromatic nitrogens is 2. The largest absolute Gasteiger partial charge is 0.451 e. The van der Waals surface area contributed by atoms with Crippen molar-refractivity contribution in [3.05, 3.63) is 66.4 Å². The zero-order valence-electron chi connectivity index (χ0n) is 28.9. The van der Waals surface area contributed by atoms with Gasteiger partial charge in [-0.25, -0.2) is 22.8 Å². The third-order valence-electron chi connectivity index (χ3n) is 10.3. The first-order chi connectivity index (χ1) is 23.3. The number of benzene rings is 2. The molecule has 4 heterocycles. The second kappa shape index (κ2) is 14.2. The van der Waals surface area contributed by atoms with Crippen LogP contribution in [-0.4, -0.2) is 96.3 Å². The molecule has 264 valence electrons. The Hall–Kier alpha value is -3.81. The van der Waals surface area contributed by atoms with E-state index >= 15 is 0 Å². The number of amides is 1. The number of rotatable bonds is 10. The van der Waals surface area contributed by atoms with Gasteiger partial charge < -0.3 is 25.2 Å². The number of sulfonamides is 1. The number of carbonyl (C=O) groups is 1. The Morgan fingerprint density at radius 1 is 1.02 bits per heavy atom. The number of likely N-dealkylation sites (tertiary alicyclic amines) is 1. The van der Waals surface area contributed by atoms with Gasteiger partial charge in [-0.05, 0) is 109 Å². The lowest BCUT2D eigenvalue weighted by molar-refractivity contribution is 0.0610. The van der Waals surface area contributed by atoms with Crippen molar-refractivity contribution in [3.8, 4) is 11.5 Å². The summed E-state index contributed by atoms with van der Waals surface area (Å²) in [6.45, 7) is 13.5. The molecule has 1 spiro atoms. The van der Waals surface area contributed by atoms with E-state index < -0.39 is 15.8 Å². The fourth-order valence-corrected chi connectivity index (χ4v) is 9.19. The molecule has 0 atom stereocenters. The first-order valence-corrected chi connectivity index (χ1v) is 18.7. The van der Waals surface area contributed by atoms with Crippen LogP contribution in [-0.2, 0) is 10.0 Å². The van der Waals surface area contributed by atoms with Gasteiger partial charge in [0.15, 0.2) is 11.6 Å². The van der Waals surface area contributed by atoms with Crippen LogP contribution in [0.4, 0.5) is 15.9 Å². The van der Waals surface area contributed by atoms with Crippen LogP contribution in [0.5, 0.6) is 11.5 Å². The van der Waals surface area contributed by atoms with Crippen LogP contribution in [0.15, 0.2) is 59.9 Å². The van der Waals surface area contributed by atoms with Crippen molar-refractivity contribution in [2.45, 2.75) is 70.4 Å². The van der Waals surface area contributed by atoms with Crippen LogP contribution in [0.3, 0.4) is 0 Å². The maximum Gasteiger partial charge on any atom is 0.258 e. The fourth-order valence-electron chi connectivity index (χ4n) is 7.66. The molecule has 0 radical (unpaired) electrons. The van der Waals surface area contributed by atoms with Gasteiger partial charge in [-0.15, -0.1) is 0 Å². The smallest absolute Gasteiger partial charge is 0.258 e. The minimum absolute atomic E-state index is 0.0691. The number of nitrogens with zero attached hydrogens (tertiary/aromatic N) is 6. The molecule has 3 aromatic rings. The number of carbonyl (C=O) groups excluding carboxylic acids is 1. The molecule has 3 aliphatic heterocycles. The molecule has 6 rings (SSSR count). The second-order valence-corrected chi connectivity index (χ2v) is 16.4. The first kappa shape index (κ1) is 35.0. The van der Waals surface area contributed by atoms with Crippen molar-refractivity contribution in [1.82, 2.24) is 24.1 Å². The van der Waals surface area contributed by atoms with Crippen molar-refractivity contribution >= 4 is 27.4 Å². The second-order valence-electron chi connectivity index (χ2n) is 14.4. The number of halogens is 1. The van der Waals surface area contributed by atoms with Gasteiger partial charge >= 0.3 is 0 Å². The Morgan fingerprint density at radius 2 is 1.71 bits per heavy atom. The predicted octanol–water partition coefficient (Wildman–Crippen LogP) is 5.25. The summed E-state index contributed by atoms with van der Waals surface area (Å²) in [5.41, 5.74) is 6.64. The standard InChI is InChI=1S/C36H48FN7O4S/c1-25(2)44(26(3)4)35(45)31-18-28(37)8-9-32(31)48-33-20-39-24-40-34(33)42-22-36(23-42)12-16-41(17-13-36)21-27-10-14-43(15-11-27)49(46,47)30-7-5-6-29(38)19-30/h5-9,18-20,24-27H,10-17,21-23,38H2,1-4H3. The van der Waals surface area contributed by atoms with Crippen LogP contribution in [0, 0.1) is 17.2 Å². The molecule has 0 unspecified atom stereocenters. The number of nitrogen functional groups attached to an aromatic ring is 1. The van der Waals surface area contributed by atoms with E-state index in [0.29, 0.717) is 36.3 Å². The summed E-state index contributed by atoms with van der Waals surface area (Å²) in [4.78, 5) is 29.0. The van der Waals surface area contributed by atoms with Crippen molar-refractivity contribution < 1.29 is 22.3 Å². The monoisotopic (exact) mass is 693 g/mol. The molecular weight excluding hydrogens is 646 g/mol. The molecule has 2 N–H and O–H groups in total. The SMILES string of the molecule is CC(C)N(C(=O)c1cc(F)ccc1Oc1cncnc1N1CC2(CCN(CC3CCN(S(=O)(=O)c4cccc(N)c4)CC3)CC2)C1)C(C)C. The van der Waals surface area contributed by atoms with Crippen molar-refractivity contribution in [2.24, 2.45) is 11.3 Å². The summed E-state index contributed by atoms with van der Waals surface area (Å²) < 4.78 is 48.5. The Balaban J connectivity index is 1.03. The topological polar surface area (TPSA) is 125 Å². The number of anilines is 2. The van der Waals surface area contributed by atoms with Gasteiger partial charge in [0.2, 0.25) is 10.0 Å². The molecule has 13 heteroatoms. The van der Waals surface area contributed by atoms with Gasteiger partial charge in [-0.2, -0.15) is 4.31 Å². The number of hydrogen-bond acceptors (Lipinski definition) is 9. The summed E-state index contributed by atoms with van der Waals surface area (Å²) in [6.07, 6.45) is 6.94. The van der Waals surface area contributed by atoms with Gasteiger partial charge in [0.05, 0.1) is 16.7 Å². The van der Waals surface area contributed by atoms with Crippen LogP contribution < -0.4 is 15.4 Å². The maximum atomic E-state index is 14.4. The molecule has 11 nitrogen and oxygen atoms in total. The van der Waals surface area contributed by atoms with Crippen LogP contribution >= 0.6 is 0 Å². The highest BCUT2D eigenvalue weighted by Crippen LogP contribution is 2.45. The zero-order valence-corrected chi connectivity index (χ0v) is 29.7. The average Bonchev–Trinajstić information content (AvgIpc) is 3.05. The highest BCUT2D eigenvalue weighted by molar-refractivity contribution is 7.89. The number of nitrogens with two attached hydrogens (primary N) is 1.